The smallest absolute Gasteiger partial charge is 0.231 e. The molecule has 31 heavy (non-hydrogen) atoms. The number of benzene rings is 3. The van der Waals surface area contributed by atoms with E-state index >= 15 is 0 Å². The van der Waals surface area contributed by atoms with Crippen LogP contribution in [0.15, 0.2) is 72.8 Å². The van der Waals surface area contributed by atoms with Crippen molar-refractivity contribution in [1.82, 2.24) is 4.90 Å². The molecule has 3 aromatic rings. The first kappa shape index (κ1) is 21.3. The molecule has 0 bridgehead atoms. The maximum absolute atomic E-state index is 13.4. The molecule has 0 aliphatic carbocycles. The van der Waals surface area contributed by atoms with Gasteiger partial charge >= 0.3 is 0 Å². The van der Waals surface area contributed by atoms with Crippen LogP contribution < -0.4 is 9.47 Å². The molecule has 4 rings (SSSR count). The predicted molar refractivity (Wildman–Crippen MR) is 116 cm³/mol. The zero-order chi connectivity index (χ0) is 21.6. The van der Waals surface area contributed by atoms with Gasteiger partial charge < -0.3 is 19.3 Å². The van der Waals surface area contributed by atoms with Crippen molar-refractivity contribution in [2.45, 2.75) is 18.8 Å². The molecule has 0 saturated carbocycles. The molecular formula is C25H26FNO4. The second-order valence-electron chi connectivity index (χ2n) is 7.66. The van der Waals surface area contributed by atoms with E-state index in [2.05, 4.69) is 4.90 Å². The van der Waals surface area contributed by atoms with Crippen molar-refractivity contribution >= 4 is 0 Å². The third-order valence-electron chi connectivity index (χ3n) is 5.26. The van der Waals surface area contributed by atoms with Crippen molar-refractivity contribution in [3.63, 3.8) is 0 Å². The fraction of sp³-hybridized carbons (Fsp3) is 0.280. The monoisotopic (exact) mass is 423 g/mol. The summed E-state index contributed by atoms with van der Waals surface area (Å²) in [6, 6.07) is 22.0. The topological polar surface area (TPSA) is 51.2 Å². The zero-order valence-electron chi connectivity index (χ0n) is 17.4. The standard InChI is InChI=1S/C25H26FNO4/c1-27(25(19-5-3-2-4-6-19)20-8-10-21(26)11-9-20)14-22(28)16-29-15-18-7-12-23-24(13-18)31-17-30-23/h2-13,22,25,28H,14-17H2,1H3/t22-,25-/m1/s1. The second kappa shape index (κ2) is 9.92. The van der Waals surface area contributed by atoms with Crippen LogP contribution in [0.1, 0.15) is 22.7 Å². The van der Waals surface area contributed by atoms with Crippen LogP contribution in [0, 0.1) is 5.82 Å². The maximum atomic E-state index is 13.4. The molecule has 0 fully saturated rings. The Morgan fingerprint density at radius 2 is 1.68 bits per heavy atom. The predicted octanol–water partition coefficient (Wildman–Crippen LogP) is 4.15. The number of likely N-dealkylation sites (N-methyl/N-ethyl adjacent to an activating group) is 1. The summed E-state index contributed by atoms with van der Waals surface area (Å²) in [5, 5.41) is 10.6. The Morgan fingerprint density at radius 3 is 2.45 bits per heavy atom. The Kier molecular flexibility index (Phi) is 6.82. The Balaban J connectivity index is 1.36. The molecule has 1 aliphatic heterocycles. The maximum Gasteiger partial charge on any atom is 0.231 e. The molecular weight excluding hydrogens is 397 g/mol. The summed E-state index contributed by atoms with van der Waals surface area (Å²) in [4.78, 5) is 2.05. The minimum Gasteiger partial charge on any atom is -0.454 e. The largest absolute Gasteiger partial charge is 0.454 e. The summed E-state index contributed by atoms with van der Waals surface area (Å²) in [6.45, 7) is 1.21. The van der Waals surface area contributed by atoms with Crippen LogP contribution in [0.5, 0.6) is 11.5 Å². The van der Waals surface area contributed by atoms with E-state index < -0.39 is 6.10 Å². The Labute approximate surface area is 181 Å². The lowest BCUT2D eigenvalue weighted by Gasteiger charge is -2.30. The van der Waals surface area contributed by atoms with E-state index in [-0.39, 0.29) is 25.3 Å². The van der Waals surface area contributed by atoms with E-state index in [1.165, 1.54) is 12.1 Å². The average molecular weight is 423 g/mol. The fourth-order valence-electron chi connectivity index (χ4n) is 3.82. The first-order valence-electron chi connectivity index (χ1n) is 10.2. The lowest BCUT2D eigenvalue weighted by molar-refractivity contribution is 0.00975. The number of hydrogen-bond donors (Lipinski definition) is 1. The number of ether oxygens (including phenoxy) is 3. The van der Waals surface area contributed by atoms with Gasteiger partial charge in [-0.2, -0.15) is 0 Å². The van der Waals surface area contributed by atoms with Gasteiger partial charge in [-0.1, -0.05) is 48.5 Å². The van der Waals surface area contributed by atoms with Crippen molar-refractivity contribution < 1.29 is 23.7 Å². The molecule has 3 aromatic carbocycles. The van der Waals surface area contributed by atoms with Crippen molar-refractivity contribution in [3.05, 3.63) is 95.3 Å². The van der Waals surface area contributed by atoms with Gasteiger partial charge in [0.15, 0.2) is 11.5 Å². The highest BCUT2D eigenvalue weighted by atomic mass is 19.1. The summed E-state index contributed by atoms with van der Waals surface area (Å²) in [5.74, 6) is 1.18. The highest BCUT2D eigenvalue weighted by Crippen LogP contribution is 2.32. The fourth-order valence-corrected chi connectivity index (χ4v) is 3.82. The third kappa shape index (κ3) is 5.41. The van der Waals surface area contributed by atoms with Crippen molar-refractivity contribution in [2.75, 3.05) is 27.0 Å². The summed E-state index contributed by atoms with van der Waals surface area (Å²) in [5.41, 5.74) is 2.99. The van der Waals surface area contributed by atoms with Gasteiger partial charge in [-0.15, -0.1) is 0 Å². The molecule has 162 valence electrons. The number of hydrogen-bond acceptors (Lipinski definition) is 5. The van der Waals surface area contributed by atoms with E-state index in [9.17, 15) is 9.50 Å². The van der Waals surface area contributed by atoms with E-state index in [1.54, 1.807) is 12.1 Å². The number of nitrogens with zero attached hydrogens (tertiary/aromatic N) is 1. The van der Waals surface area contributed by atoms with Crippen LogP contribution in [-0.4, -0.2) is 43.1 Å². The van der Waals surface area contributed by atoms with Crippen molar-refractivity contribution in [1.29, 1.82) is 0 Å². The van der Waals surface area contributed by atoms with Crippen LogP contribution in [0.2, 0.25) is 0 Å². The molecule has 2 atom stereocenters. The van der Waals surface area contributed by atoms with Crippen LogP contribution in [0.25, 0.3) is 0 Å². The number of aliphatic hydroxyl groups is 1. The molecule has 6 heteroatoms. The lowest BCUT2D eigenvalue weighted by atomic mass is 9.97. The number of halogens is 1. The molecule has 1 N–H and O–H groups in total. The number of fused-ring (bicyclic) bond motifs is 1. The highest BCUT2D eigenvalue weighted by Gasteiger charge is 2.22. The average Bonchev–Trinajstić information content (AvgIpc) is 3.24. The summed E-state index contributed by atoms with van der Waals surface area (Å²) >= 11 is 0. The van der Waals surface area contributed by atoms with Gasteiger partial charge in [0, 0.05) is 6.54 Å². The second-order valence-corrected chi connectivity index (χ2v) is 7.66. The molecule has 0 unspecified atom stereocenters. The summed E-state index contributed by atoms with van der Waals surface area (Å²) in [7, 11) is 1.95. The van der Waals surface area contributed by atoms with Crippen LogP contribution in [-0.2, 0) is 11.3 Å². The third-order valence-corrected chi connectivity index (χ3v) is 5.26. The highest BCUT2D eigenvalue weighted by molar-refractivity contribution is 5.44. The normalized spacial score (nSPS) is 14.6. The molecule has 0 radical (unpaired) electrons. The molecule has 1 heterocycles. The zero-order valence-corrected chi connectivity index (χ0v) is 17.4. The van der Waals surface area contributed by atoms with Gasteiger partial charge in [-0.25, -0.2) is 4.39 Å². The SMILES string of the molecule is CN(C[C@@H](O)COCc1ccc2c(c1)OCO2)[C@H](c1ccccc1)c1ccc(F)cc1. The molecule has 0 aromatic heterocycles. The number of aliphatic hydroxyl groups excluding tert-OH is 1. The van der Waals surface area contributed by atoms with Crippen LogP contribution in [0.4, 0.5) is 4.39 Å². The quantitative estimate of drug-likeness (QED) is 0.560. The Bertz CT molecular complexity index is 981. The summed E-state index contributed by atoms with van der Waals surface area (Å²) in [6.07, 6.45) is -0.675. The molecule has 0 saturated heterocycles. The van der Waals surface area contributed by atoms with Crippen LogP contribution >= 0.6 is 0 Å². The number of rotatable bonds is 9. The lowest BCUT2D eigenvalue weighted by Crippen LogP contribution is -2.35. The van der Waals surface area contributed by atoms with E-state index in [0.717, 1.165) is 22.4 Å². The first-order chi connectivity index (χ1) is 15.1. The Hall–Kier alpha value is -2.93. The van der Waals surface area contributed by atoms with Crippen molar-refractivity contribution in [3.8, 4) is 11.5 Å². The van der Waals surface area contributed by atoms with Gasteiger partial charge in [0.25, 0.3) is 0 Å². The van der Waals surface area contributed by atoms with E-state index in [1.807, 2.05) is 55.6 Å². The van der Waals surface area contributed by atoms with Gasteiger partial charge in [-0.05, 0) is 48.0 Å². The van der Waals surface area contributed by atoms with Gasteiger partial charge in [0.05, 0.1) is 25.4 Å². The Morgan fingerprint density at radius 1 is 0.968 bits per heavy atom. The molecule has 5 nitrogen and oxygen atoms in total. The molecule has 1 aliphatic rings. The minimum absolute atomic E-state index is 0.106. The van der Waals surface area contributed by atoms with Gasteiger partial charge in [0.2, 0.25) is 6.79 Å². The molecule has 0 amide bonds. The van der Waals surface area contributed by atoms with E-state index in [4.69, 9.17) is 14.2 Å². The van der Waals surface area contributed by atoms with Gasteiger partial charge in [-0.3, -0.25) is 4.90 Å². The van der Waals surface area contributed by atoms with Gasteiger partial charge in [0.1, 0.15) is 5.82 Å². The summed E-state index contributed by atoms with van der Waals surface area (Å²) < 4.78 is 29.8. The molecule has 0 spiro atoms. The van der Waals surface area contributed by atoms with E-state index in [0.29, 0.717) is 18.9 Å². The minimum atomic E-state index is -0.675. The van der Waals surface area contributed by atoms with Crippen molar-refractivity contribution in [2.24, 2.45) is 0 Å². The first-order valence-corrected chi connectivity index (χ1v) is 10.2. The van der Waals surface area contributed by atoms with Crippen LogP contribution in [0.3, 0.4) is 0 Å².